The molecule has 2 atom stereocenters. The summed E-state index contributed by atoms with van der Waals surface area (Å²) >= 11 is 0. The molecule has 2 aromatic heterocycles. The van der Waals surface area contributed by atoms with Gasteiger partial charge in [-0.15, -0.1) is 0 Å². The number of nitriles is 2. The Morgan fingerprint density at radius 2 is 1.84 bits per heavy atom. The molecule has 0 spiro atoms. The van der Waals surface area contributed by atoms with Crippen molar-refractivity contribution in [2.24, 2.45) is 0 Å². The Morgan fingerprint density at radius 3 is 2.59 bits per heavy atom. The van der Waals surface area contributed by atoms with Crippen LogP contribution in [0.5, 0.6) is 5.75 Å². The van der Waals surface area contributed by atoms with E-state index >= 15 is 0 Å². The van der Waals surface area contributed by atoms with Crippen molar-refractivity contribution in [3.8, 4) is 17.9 Å². The first kappa shape index (κ1) is 20.5. The Balaban J connectivity index is 1.13. The van der Waals surface area contributed by atoms with Gasteiger partial charge in [0.25, 0.3) is 0 Å². The van der Waals surface area contributed by atoms with Crippen molar-refractivity contribution < 1.29 is 9.47 Å². The minimum atomic E-state index is 0.170. The van der Waals surface area contributed by atoms with E-state index in [1.54, 1.807) is 18.2 Å². The molecule has 8 nitrogen and oxygen atoms in total. The summed E-state index contributed by atoms with van der Waals surface area (Å²) in [5.41, 5.74) is 2.91. The van der Waals surface area contributed by atoms with E-state index in [0.717, 1.165) is 50.6 Å². The molecule has 2 saturated heterocycles. The number of hydrogen-bond donors (Lipinski definition) is 0. The normalized spacial score (nSPS) is 21.2. The van der Waals surface area contributed by atoms with E-state index in [1.807, 2.05) is 30.5 Å². The van der Waals surface area contributed by atoms with E-state index in [0.29, 0.717) is 23.5 Å². The molecule has 2 bridgehead atoms. The summed E-state index contributed by atoms with van der Waals surface area (Å²) in [5.74, 6) is 0.526. The fourth-order valence-corrected chi connectivity index (χ4v) is 4.56. The first-order chi connectivity index (χ1) is 15.7. The number of benzene rings is 1. The highest BCUT2D eigenvalue weighted by molar-refractivity contribution is 5.48. The van der Waals surface area contributed by atoms with Gasteiger partial charge in [0.05, 0.1) is 35.1 Å². The van der Waals surface area contributed by atoms with Gasteiger partial charge in [-0.25, -0.2) is 4.98 Å². The molecule has 1 aromatic carbocycles. The van der Waals surface area contributed by atoms with Gasteiger partial charge in [-0.1, -0.05) is 6.07 Å². The number of morpholine rings is 2. The second kappa shape index (κ2) is 8.97. The molecule has 0 amide bonds. The minimum absolute atomic E-state index is 0.170. The lowest BCUT2D eigenvalue weighted by Crippen LogP contribution is -2.59. The van der Waals surface area contributed by atoms with Gasteiger partial charge >= 0.3 is 0 Å². The number of ether oxygens (including phenoxy) is 2. The van der Waals surface area contributed by atoms with Crippen molar-refractivity contribution in [1.29, 1.82) is 10.5 Å². The van der Waals surface area contributed by atoms with Crippen LogP contribution in [-0.4, -0.2) is 70.7 Å². The molecule has 162 valence electrons. The Morgan fingerprint density at radius 1 is 1.03 bits per heavy atom. The zero-order chi connectivity index (χ0) is 21.9. The molecule has 0 N–H and O–H groups in total. The monoisotopic (exact) mass is 428 g/mol. The van der Waals surface area contributed by atoms with Gasteiger partial charge in [0.15, 0.2) is 0 Å². The van der Waals surface area contributed by atoms with Crippen molar-refractivity contribution in [3.63, 3.8) is 0 Å². The number of aromatic nitrogens is 2. The van der Waals surface area contributed by atoms with Crippen LogP contribution >= 0.6 is 0 Å². The minimum Gasteiger partial charge on any atom is -0.491 e. The lowest BCUT2D eigenvalue weighted by Gasteiger charge is -2.45. The van der Waals surface area contributed by atoms with Gasteiger partial charge in [-0.2, -0.15) is 10.5 Å². The molecule has 3 aromatic rings. The van der Waals surface area contributed by atoms with Crippen molar-refractivity contribution in [1.82, 2.24) is 19.2 Å². The van der Waals surface area contributed by atoms with Crippen molar-refractivity contribution in [2.75, 3.05) is 39.3 Å². The number of imidazole rings is 1. The van der Waals surface area contributed by atoms with E-state index in [2.05, 4.69) is 26.5 Å². The average Bonchev–Trinajstić information content (AvgIpc) is 3.21. The van der Waals surface area contributed by atoms with Crippen LogP contribution < -0.4 is 4.74 Å². The maximum absolute atomic E-state index is 9.29. The lowest BCUT2D eigenvalue weighted by molar-refractivity contribution is -0.141. The third-order valence-corrected chi connectivity index (χ3v) is 5.93. The average molecular weight is 428 g/mol. The van der Waals surface area contributed by atoms with Gasteiger partial charge in [-0.3, -0.25) is 9.80 Å². The lowest BCUT2D eigenvalue weighted by atomic mass is 10.1. The summed E-state index contributed by atoms with van der Waals surface area (Å²) in [6, 6.07) is 15.1. The molecule has 32 heavy (non-hydrogen) atoms. The fraction of sp³-hybridized carbons (Fsp3) is 0.375. The molecule has 2 unspecified atom stereocenters. The second-order valence-electron chi connectivity index (χ2n) is 8.32. The van der Waals surface area contributed by atoms with E-state index in [9.17, 15) is 5.26 Å². The zero-order valence-electron chi connectivity index (χ0n) is 17.7. The Hall–Kier alpha value is -3.43. The molecule has 0 saturated carbocycles. The third kappa shape index (κ3) is 4.44. The summed E-state index contributed by atoms with van der Waals surface area (Å²) in [6.45, 7) is 5.58. The molecule has 0 radical (unpaired) electrons. The standard InChI is InChI=1S/C24H24N6O2/c25-10-18-4-5-23(19(9-18)11-26)31-8-7-28-14-21-16-29(17-22(15-28)32-21)12-20-13-30-6-2-1-3-24(30)27-20/h1-6,9,13,21-22H,7-8,12,14-17H2. The highest BCUT2D eigenvalue weighted by Crippen LogP contribution is 2.22. The third-order valence-electron chi connectivity index (χ3n) is 5.93. The fourth-order valence-electron chi connectivity index (χ4n) is 4.56. The molecule has 4 heterocycles. The summed E-state index contributed by atoms with van der Waals surface area (Å²) in [6.07, 6.45) is 4.47. The van der Waals surface area contributed by atoms with Crippen LogP contribution in [0.2, 0.25) is 0 Å². The summed E-state index contributed by atoms with van der Waals surface area (Å²) < 4.78 is 14.1. The van der Waals surface area contributed by atoms with Crippen molar-refractivity contribution >= 4 is 5.65 Å². The van der Waals surface area contributed by atoms with Crippen LogP contribution in [0.1, 0.15) is 16.8 Å². The Labute approximate surface area is 186 Å². The van der Waals surface area contributed by atoms with Gasteiger partial charge < -0.3 is 13.9 Å². The van der Waals surface area contributed by atoms with Gasteiger partial charge in [0.1, 0.15) is 24.1 Å². The molecular formula is C24H24N6O2. The van der Waals surface area contributed by atoms with Crippen molar-refractivity contribution in [3.05, 3.63) is 65.6 Å². The number of pyridine rings is 1. The largest absolute Gasteiger partial charge is 0.491 e. The summed E-state index contributed by atoms with van der Waals surface area (Å²) in [7, 11) is 0. The van der Waals surface area contributed by atoms with Gasteiger partial charge in [0.2, 0.25) is 0 Å². The highest BCUT2D eigenvalue weighted by atomic mass is 16.5. The molecule has 5 rings (SSSR count). The zero-order valence-corrected chi connectivity index (χ0v) is 17.7. The van der Waals surface area contributed by atoms with Crippen LogP contribution in [0.4, 0.5) is 0 Å². The number of hydrogen-bond acceptors (Lipinski definition) is 7. The number of rotatable bonds is 6. The second-order valence-corrected chi connectivity index (χ2v) is 8.32. The van der Waals surface area contributed by atoms with E-state index in [1.165, 1.54) is 0 Å². The van der Waals surface area contributed by atoms with Gasteiger partial charge in [0, 0.05) is 51.7 Å². The molecule has 2 fully saturated rings. The van der Waals surface area contributed by atoms with Crippen LogP contribution in [0, 0.1) is 22.7 Å². The van der Waals surface area contributed by atoms with E-state index < -0.39 is 0 Å². The number of fused-ring (bicyclic) bond motifs is 3. The summed E-state index contributed by atoms with van der Waals surface area (Å²) in [5, 5.41) is 18.3. The molecule has 0 aliphatic carbocycles. The van der Waals surface area contributed by atoms with Gasteiger partial charge in [-0.05, 0) is 30.3 Å². The molecule has 8 heteroatoms. The smallest absolute Gasteiger partial charge is 0.137 e. The topological polar surface area (TPSA) is 89.8 Å². The predicted octanol–water partition coefficient (Wildman–Crippen LogP) is 2.04. The van der Waals surface area contributed by atoms with Crippen molar-refractivity contribution in [2.45, 2.75) is 18.8 Å². The predicted molar refractivity (Wildman–Crippen MR) is 117 cm³/mol. The van der Waals surface area contributed by atoms with Crippen LogP contribution in [-0.2, 0) is 11.3 Å². The molecule has 2 aliphatic heterocycles. The molecular weight excluding hydrogens is 404 g/mol. The van der Waals surface area contributed by atoms with E-state index in [-0.39, 0.29) is 12.2 Å². The maximum atomic E-state index is 9.29. The number of nitrogens with zero attached hydrogens (tertiary/aromatic N) is 6. The SMILES string of the molecule is N#Cc1ccc(OCCN2CC3CN(Cc4cn5ccccc5n4)CC(C2)O3)c(C#N)c1. The van der Waals surface area contributed by atoms with Crippen LogP contribution in [0.3, 0.4) is 0 Å². The molecule has 2 aliphatic rings. The van der Waals surface area contributed by atoms with E-state index in [4.69, 9.17) is 19.7 Å². The first-order valence-electron chi connectivity index (χ1n) is 10.8. The first-order valence-corrected chi connectivity index (χ1v) is 10.8. The van der Waals surface area contributed by atoms with Crippen LogP contribution in [0.25, 0.3) is 5.65 Å². The highest BCUT2D eigenvalue weighted by Gasteiger charge is 2.34. The quantitative estimate of drug-likeness (QED) is 0.593. The summed E-state index contributed by atoms with van der Waals surface area (Å²) in [4.78, 5) is 9.53. The maximum Gasteiger partial charge on any atom is 0.137 e. The van der Waals surface area contributed by atoms with Crippen LogP contribution in [0.15, 0.2) is 48.8 Å². The Kier molecular flexibility index (Phi) is 5.74. The Bertz CT molecular complexity index is 1150.